The molecule has 0 unspecified atom stereocenters. The highest BCUT2D eigenvalue weighted by molar-refractivity contribution is 9.12. The molecule has 16 heavy (non-hydrogen) atoms. The molecule has 0 atom stereocenters. The third-order valence-corrected chi connectivity index (χ3v) is 2.31. The summed E-state index contributed by atoms with van der Waals surface area (Å²) in [5.41, 5.74) is 1.40. The molecule has 82 valence electrons. The summed E-state index contributed by atoms with van der Waals surface area (Å²) in [7, 11) is 3.18. The van der Waals surface area contributed by atoms with Gasteiger partial charge in [0.15, 0.2) is 0 Å². The zero-order valence-corrected chi connectivity index (χ0v) is 11.9. The fraction of sp³-hybridized carbons (Fsp3) is 0.167. The van der Waals surface area contributed by atoms with E-state index >= 15 is 0 Å². The van der Waals surface area contributed by atoms with Gasteiger partial charge < -0.3 is 9.47 Å². The zero-order valence-electron chi connectivity index (χ0n) is 8.73. The van der Waals surface area contributed by atoms with Crippen LogP contribution in [0, 0.1) is 21.5 Å². The normalized spacial score (nSPS) is 8.25. The van der Waals surface area contributed by atoms with Gasteiger partial charge in [-0.05, 0) is 33.6 Å². The van der Waals surface area contributed by atoms with Crippen molar-refractivity contribution >= 4 is 31.9 Å². The van der Waals surface area contributed by atoms with E-state index in [0.717, 1.165) is 0 Å². The van der Waals surface area contributed by atoms with Gasteiger partial charge in [-0.1, -0.05) is 0 Å². The second kappa shape index (κ2) is 6.48. The number of rotatable bonds is 2. The van der Waals surface area contributed by atoms with E-state index in [1.165, 1.54) is 0 Å². The van der Waals surface area contributed by atoms with Crippen LogP contribution < -0.4 is 9.47 Å². The summed E-state index contributed by atoms with van der Waals surface area (Å²) in [5, 5.41) is 0. The number of ether oxygens (including phenoxy) is 2. The third-order valence-electron chi connectivity index (χ3n) is 1.91. The van der Waals surface area contributed by atoms with E-state index < -0.39 is 0 Å². The Morgan fingerprint density at radius 2 is 1.25 bits per heavy atom. The van der Waals surface area contributed by atoms with Gasteiger partial charge in [0.1, 0.15) is 11.5 Å². The Balaban J connectivity index is 3.54. The van der Waals surface area contributed by atoms with E-state index in [-0.39, 0.29) is 0 Å². The van der Waals surface area contributed by atoms with Crippen LogP contribution in [0.1, 0.15) is 11.1 Å². The summed E-state index contributed by atoms with van der Waals surface area (Å²) in [6.45, 7) is 0. The lowest BCUT2D eigenvalue weighted by Crippen LogP contribution is -1.95. The Hall–Kier alpha value is -1.10. The zero-order chi connectivity index (χ0) is 12.0. The van der Waals surface area contributed by atoms with Gasteiger partial charge in [0, 0.05) is 31.9 Å². The highest BCUT2D eigenvalue weighted by atomic mass is 79.9. The molecule has 0 fully saturated rings. The lowest BCUT2D eigenvalue weighted by molar-refractivity contribution is 0.401. The minimum atomic E-state index is 0.665. The predicted molar refractivity (Wildman–Crippen MR) is 71.2 cm³/mol. The second-order valence-electron chi connectivity index (χ2n) is 2.66. The second-order valence-corrected chi connectivity index (χ2v) is 3.45. The Kier molecular flexibility index (Phi) is 5.25. The lowest BCUT2D eigenvalue weighted by atomic mass is 10.1. The predicted octanol–water partition coefficient (Wildman–Crippen LogP) is 3.11. The van der Waals surface area contributed by atoms with Crippen LogP contribution in [0.25, 0.3) is 0 Å². The summed E-state index contributed by atoms with van der Waals surface area (Å²) in [6.07, 6.45) is 0. The minimum absolute atomic E-state index is 0.665. The van der Waals surface area contributed by atoms with Crippen molar-refractivity contribution < 1.29 is 9.47 Å². The van der Waals surface area contributed by atoms with Gasteiger partial charge in [0.2, 0.25) is 0 Å². The average molecular weight is 344 g/mol. The number of hydrogen-bond acceptors (Lipinski definition) is 2. The molecular weight excluding hydrogens is 336 g/mol. The number of methoxy groups -OCH3 is 2. The van der Waals surface area contributed by atoms with Crippen LogP contribution in [0.5, 0.6) is 11.5 Å². The quantitative estimate of drug-likeness (QED) is 0.768. The fourth-order valence-corrected chi connectivity index (χ4v) is 1.64. The molecule has 0 saturated carbocycles. The molecule has 1 aromatic carbocycles. The summed E-state index contributed by atoms with van der Waals surface area (Å²) in [4.78, 5) is 5.31. The van der Waals surface area contributed by atoms with Gasteiger partial charge in [-0.25, -0.2) is 0 Å². The molecule has 0 radical (unpaired) electrons. The van der Waals surface area contributed by atoms with Crippen LogP contribution in [0.3, 0.4) is 0 Å². The Bertz CT molecular complexity index is 454. The molecular formula is C12H8Br2O2. The molecule has 0 heterocycles. The van der Waals surface area contributed by atoms with Crippen molar-refractivity contribution in [3.8, 4) is 33.0 Å². The third kappa shape index (κ3) is 2.72. The van der Waals surface area contributed by atoms with Gasteiger partial charge in [-0.3, -0.25) is 0 Å². The highest BCUT2D eigenvalue weighted by Crippen LogP contribution is 2.29. The van der Waals surface area contributed by atoms with E-state index in [2.05, 4.69) is 53.4 Å². The maximum Gasteiger partial charge on any atom is 0.136 e. The van der Waals surface area contributed by atoms with Crippen molar-refractivity contribution in [1.82, 2.24) is 0 Å². The lowest BCUT2D eigenvalue weighted by Gasteiger charge is -2.09. The van der Waals surface area contributed by atoms with Crippen molar-refractivity contribution in [1.29, 1.82) is 0 Å². The smallest absolute Gasteiger partial charge is 0.136 e. The van der Waals surface area contributed by atoms with Crippen LogP contribution >= 0.6 is 31.9 Å². The average Bonchev–Trinajstić information content (AvgIpc) is 2.31. The maximum absolute atomic E-state index is 5.22. The van der Waals surface area contributed by atoms with Gasteiger partial charge in [0.05, 0.1) is 25.3 Å². The Morgan fingerprint density at radius 1 is 0.875 bits per heavy atom. The summed E-state index contributed by atoms with van der Waals surface area (Å²) in [6, 6.07) is 3.59. The molecule has 0 amide bonds. The van der Waals surface area contributed by atoms with Crippen molar-refractivity contribution in [2.24, 2.45) is 0 Å². The first-order chi connectivity index (χ1) is 7.78. The first-order valence-electron chi connectivity index (χ1n) is 4.26. The largest absolute Gasteiger partial charge is 0.495 e. The van der Waals surface area contributed by atoms with Crippen LogP contribution in [-0.2, 0) is 0 Å². The Morgan fingerprint density at radius 3 is 1.50 bits per heavy atom. The first kappa shape index (κ1) is 13.0. The molecule has 0 aliphatic heterocycles. The SMILES string of the molecule is COc1ccc(OC)c(C#CBr)c1C#CBr. The maximum atomic E-state index is 5.22. The molecule has 1 aromatic rings. The van der Waals surface area contributed by atoms with E-state index in [1.54, 1.807) is 26.4 Å². The summed E-state index contributed by atoms with van der Waals surface area (Å²) < 4.78 is 10.4. The molecule has 4 heteroatoms. The van der Waals surface area contributed by atoms with Crippen LogP contribution in [0.4, 0.5) is 0 Å². The topological polar surface area (TPSA) is 18.5 Å². The van der Waals surface area contributed by atoms with Crippen LogP contribution in [-0.4, -0.2) is 14.2 Å². The van der Waals surface area contributed by atoms with E-state index in [0.29, 0.717) is 22.6 Å². The summed E-state index contributed by atoms with van der Waals surface area (Å²) in [5.74, 6) is 7.12. The Labute approximate surface area is 112 Å². The fourth-order valence-electron chi connectivity index (χ4n) is 1.25. The van der Waals surface area contributed by atoms with Crippen LogP contribution in [0.2, 0.25) is 0 Å². The van der Waals surface area contributed by atoms with E-state index in [1.807, 2.05) is 0 Å². The van der Waals surface area contributed by atoms with Gasteiger partial charge in [0.25, 0.3) is 0 Å². The number of hydrogen-bond donors (Lipinski definition) is 0. The van der Waals surface area contributed by atoms with E-state index in [9.17, 15) is 0 Å². The molecule has 0 saturated heterocycles. The molecule has 2 nitrogen and oxygen atoms in total. The van der Waals surface area contributed by atoms with E-state index in [4.69, 9.17) is 9.47 Å². The van der Waals surface area contributed by atoms with Crippen molar-refractivity contribution in [2.75, 3.05) is 14.2 Å². The minimum Gasteiger partial charge on any atom is -0.495 e. The van der Waals surface area contributed by atoms with Crippen molar-refractivity contribution in [2.45, 2.75) is 0 Å². The van der Waals surface area contributed by atoms with Crippen molar-refractivity contribution in [3.05, 3.63) is 23.3 Å². The molecule has 0 N–H and O–H groups in total. The van der Waals surface area contributed by atoms with Crippen molar-refractivity contribution in [3.63, 3.8) is 0 Å². The molecule has 0 aromatic heterocycles. The van der Waals surface area contributed by atoms with Gasteiger partial charge in [-0.15, -0.1) is 0 Å². The molecule has 0 bridgehead atoms. The van der Waals surface area contributed by atoms with Gasteiger partial charge >= 0.3 is 0 Å². The molecule has 0 spiro atoms. The molecule has 0 aliphatic rings. The van der Waals surface area contributed by atoms with Crippen LogP contribution in [0.15, 0.2) is 12.1 Å². The molecule has 0 aliphatic carbocycles. The number of benzene rings is 1. The standard InChI is InChI=1S/C12H8Br2O2/c1-15-11-3-4-12(16-2)10(6-8-14)9(11)5-7-13/h3-4H,1-2H3. The first-order valence-corrected chi connectivity index (χ1v) is 5.85. The highest BCUT2D eigenvalue weighted by Gasteiger charge is 2.11. The molecule has 1 rings (SSSR count). The number of halogens is 2. The van der Waals surface area contributed by atoms with Gasteiger partial charge in [-0.2, -0.15) is 0 Å². The summed E-state index contributed by atoms with van der Waals surface area (Å²) >= 11 is 6.13. The monoisotopic (exact) mass is 342 g/mol.